The fourth-order valence-electron chi connectivity index (χ4n) is 3.47. The molecule has 0 fully saturated rings. The number of fused-ring (bicyclic) bond motifs is 1. The molecule has 1 heteroatoms. The van der Waals surface area contributed by atoms with Gasteiger partial charge in [0.2, 0.25) is 0 Å². The van der Waals surface area contributed by atoms with Gasteiger partial charge in [-0.15, -0.1) is 0 Å². The summed E-state index contributed by atoms with van der Waals surface area (Å²) >= 11 is 0. The summed E-state index contributed by atoms with van der Waals surface area (Å²) < 4.78 is 0. The lowest BCUT2D eigenvalue weighted by Gasteiger charge is -2.13. The minimum atomic E-state index is 0.467. The third-order valence-electron chi connectivity index (χ3n) is 4.83. The van der Waals surface area contributed by atoms with Crippen LogP contribution in [0, 0.1) is 5.92 Å². The topological polar surface area (TPSA) is 12.4 Å². The third-order valence-corrected chi connectivity index (χ3v) is 4.83. The van der Waals surface area contributed by atoms with Crippen LogP contribution in [0.2, 0.25) is 0 Å². The second-order valence-corrected chi connectivity index (χ2v) is 6.72. The molecule has 23 heavy (non-hydrogen) atoms. The SMILES string of the molecule is CC(C)C1C=Nc2cc(C3=CC(c4ccccc4)=CC3)ccc21. The third kappa shape index (κ3) is 2.57. The lowest BCUT2D eigenvalue weighted by atomic mass is 9.89. The highest BCUT2D eigenvalue weighted by molar-refractivity contribution is 5.91. The number of benzene rings is 2. The zero-order valence-electron chi connectivity index (χ0n) is 13.7. The molecule has 1 heterocycles. The summed E-state index contributed by atoms with van der Waals surface area (Å²) in [6.45, 7) is 4.52. The Morgan fingerprint density at radius 1 is 1.00 bits per heavy atom. The van der Waals surface area contributed by atoms with Crippen molar-refractivity contribution in [1.82, 2.24) is 0 Å². The number of nitrogens with zero attached hydrogens (tertiary/aromatic N) is 1. The van der Waals surface area contributed by atoms with E-state index in [-0.39, 0.29) is 0 Å². The number of hydrogen-bond donors (Lipinski definition) is 0. The van der Waals surface area contributed by atoms with Crippen LogP contribution in [-0.2, 0) is 0 Å². The minimum Gasteiger partial charge on any atom is -0.260 e. The summed E-state index contributed by atoms with van der Waals surface area (Å²) in [5.41, 5.74) is 7.82. The molecule has 0 bridgehead atoms. The Morgan fingerprint density at radius 2 is 1.83 bits per heavy atom. The number of hydrogen-bond acceptors (Lipinski definition) is 1. The van der Waals surface area contributed by atoms with Crippen molar-refractivity contribution in [3.8, 4) is 0 Å². The minimum absolute atomic E-state index is 0.467. The Morgan fingerprint density at radius 3 is 2.61 bits per heavy atom. The predicted molar refractivity (Wildman–Crippen MR) is 99.2 cm³/mol. The molecule has 2 aromatic carbocycles. The normalized spacial score (nSPS) is 19.0. The standard InChI is InChI=1S/C22H21N/c1-15(2)21-14-23-22-13-19(10-11-20(21)22)18-9-8-17(12-18)16-6-4-3-5-7-16/h3-8,10-15,21H,9H2,1-2H3. The zero-order chi connectivity index (χ0) is 15.8. The van der Waals surface area contributed by atoms with Crippen LogP contribution in [0.4, 0.5) is 5.69 Å². The molecule has 0 aromatic heterocycles. The molecule has 1 atom stereocenters. The Bertz CT molecular complexity index is 822. The van der Waals surface area contributed by atoms with Crippen LogP contribution in [0.3, 0.4) is 0 Å². The zero-order valence-corrected chi connectivity index (χ0v) is 13.7. The second-order valence-electron chi connectivity index (χ2n) is 6.72. The van der Waals surface area contributed by atoms with E-state index in [2.05, 4.69) is 85.7 Å². The first-order valence-corrected chi connectivity index (χ1v) is 8.37. The lowest BCUT2D eigenvalue weighted by Crippen LogP contribution is -2.04. The largest absolute Gasteiger partial charge is 0.260 e. The molecule has 0 amide bonds. The van der Waals surface area contributed by atoms with Crippen molar-refractivity contribution < 1.29 is 0 Å². The lowest BCUT2D eigenvalue weighted by molar-refractivity contribution is 0.617. The molecule has 0 saturated heterocycles. The van der Waals surface area contributed by atoms with Gasteiger partial charge in [0.15, 0.2) is 0 Å². The Balaban J connectivity index is 1.63. The van der Waals surface area contributed by atoms with Gasteiger partial charge >= 0.3 is 0 Å². The van der Waals surface area contributed by atoms with Gasteiger partial charge in [-0.05, 0) is 46.2 Å². The summed E-state index contributed by atoms with van der Waals surface area (Å²) in [6, 6.07) is 17.4. The van der Waals surface area contributed by atoms with Crippen molar-refractivity contribution >= 4 is 23.0 Å². The van der Waals surface area contributed by atoms with Crippen molar-refractivity contribution in [2.45, 2.75) is 26.2 Å². The fourth-order valence-corrected chi connectivity index (χ4v) is 3.47. The van der Waals surface area contributed by atoms with E-state index in [1.165, 1.54) is 27.8 Å². The molecule has 0 saturated carbocycles. The van der Waals surface area contributed by atoms with Gasteiger partial charge in [0.05, 0.1) is 5.69 Å². The molecule has 0 radical (unpaired) electrons. The average molecular weight is 299 g/mol. The van der Waals surface area contributed by atoms with E-state index >= 15 is 0 Å². The van der Waals surface area contributed by atoms with Crippen molar-refractivity contribution in [2.24, 2.45) is 10.9 Å². The van der Waals surface area contributed by atoms with Crippen LogP contribution < -0.4 is 0 Å². The van der Waals surface area contributed by atoms with E-state index in [9.17, 15) is 0 Å². The van der Waals surface area contributed by atoms with Gasteiger partial charge in [-0.3, -0.25) is 4.99 Å². The molecule has 1 aliphatic heterocycles. The Kier molecular flexibility index (Phi) is 3.49. The smallest absolute Gasteiger partial charge is 0.0670 e. The van der Waals surface area contributed by atoms with E-state index in [0.29, 0.717) is 11.8 Å². The number of allylic oxidation sites excluding steroid dienone is 4. The Labute approximate surface area is 138 Å². The van der Waals surface area contributed by atoms with Gasteiger partial charge in [-0.1, -0.05) is 68.5 Å². The molecule has 0 N–H and O–H groups in total. The maximum atomic E-state index is 4.64. The summed E-state index contributed by atoms with van der Waals surface area (Å²) in [5, 5.41) is 0. The molecular weight excluding hydrogens is 278 g/mol. The van der Waals surface area contributed by atoms with Gasteiger partial charge < -0.3 is 0 Å². The highest BCUT2D eigenvalue weighted by Crippen LogP contribution is 2.40. The molecule has 1 aliphatic carbocycles. The molecule has 4 rings (SSSR count). The maximum absolute atomic E-state index is 4.64. The van der Waals surface area contributed by atoms with Crippen molar-refractivity contribution in [2.75, 3.05) is 0 Å². The van der Waals surface area contributed by atoms with E-state index in [0.717, 1.165) is 12.1 Å². The number of rotatable bonds is 3. The van der Waals surface area contributed by atoms with Gasteiger partial charge in [0.25, 0.3) is 0 Å². The fraction of sp³-hybridized carbons (Fsp3) is 0.227. The molecular formula is C22H21N. The molecule has 1 nitrogen and oxygen atoms in total. The second kappa shape index (κ2) is 5.66. The van der Waals surface area contributed by atoms with Crippen LogP contribution in [0.25, 0.3) is 11.1 Å². The summed E-state index contributed by atoms with van der Waals surface area (Å²) in [6.07, 6.45) is 7.74. The van der Waals surface area contributed by atoms with Crippen LogP contribution in [-0.4, -0.2) is 6.21 Å². The number of aliphatic imine (C=N–C) groups is 1. The van der Waals surface area contributed by atoms with E-state index in [1.807, 2.05) is 0 Å². The maximum Gasteiger partial charge on any atom is 0.0670 e. The first-order chi connectivity index (χ1) is 11.2. The van der Waals surface area contributed by atoms with Gasteiger partial charge in [-0.25, -0.2) is 0 Å². The van der Waals surface area contributed by atoms with Crippen molar-refractivity contribution in [1.29, 1.82) is 0 Å². The summed E-state index contributed by atoms with van der Waals surface area (Å²) in [5.74, 6) is 1.07. The molecule has 2 aliphatic rings. The van der Waals surface area contributed by atoms with Crippen LogP contribution >= 0.6 is 0 Å². The van der Waals surface area contributed by atoms with Crippen LogP contribution in [0.1, 0.15) is 42.9 Å². The molecule has 1 unspecified atom stereocenters. The highest BCUT2D eigenvalue weighted by Gasteiger charge is 2.22. The van der Waals surface area contributed by atoms with Crippen molar-refractivity contribution in [3.63, 3.8) is 0 Å². The quantitative estimate of drug-likeness (QED) is 0.658. The first kappa shape index (κ1) is 14.2. The van der Waals surface area contributed by atoms with Crippen LogP contribution in [0.15, 0.2) is 65.7 Å². The van der Waals surface area contributed by atoms with E-state index < -0.39 is 0 Å². The first-order valence-electron chi connectivity index (χ1n) is 8.37. The molecule has 114 valence electrons. The summed E-state index contributed by atoms with van der Waals surface area (Å²) in [7, 11) is 0. The van der Waals surface area contributed by atoms with Gasteiger partial charge in [0.1, 0.15) is 0 Å². The molecule has 2 aromatic rings. The van der Waals surface area contributed by atoms with E-state index in [1.54, 1.807) is 0 Å². The van der Waals surface area contributed by atoms with Crippen LogP contribution in [0.5, 0.6) is 0 Å². The molecule has 0 spiro atoms. The van der Waals surface area contributed by atoms with Gasteiger partial charge in [0, 0.05) is 12.1 Å². The highest BCUT2D eigenvalue weighted by atomic mass is 14.8. The predicted octanol–water partition coefficient (Wildman–Crippen LogP) is 6.01. The van der Waals surface area contributed by atoms with E-state index in [4.69, 9.17) is 0 Å². The average Bonchev–Trinajstić information content (AvgIpc) is 3.22. The monoisotopic (exact) mass is 299 g/mol. The summed E-state index contributed by atoms with van der Waals surface area (Å²) in [4.78, 5) is 4.64. The Hall–Kier alpha value is -2.41. The van der Waals surface area contributed by atoms with Gasteiger partial charge in [-0.2, -0.15) is 0 Å². The van der Waals surface area contributed by atoms with Crippen molar-refractivity contribution in [3.05, 3.63) is 77.4 Å².